The first-order valence-corrected chi connectivity index (χ1v) is 8.94. The largest absolute Gasteiger partial charge is 0.508 e. The molecule has 0 radical (unpaired) electrons. The number of phenols is 1. The van der Waals surface area contributed by atoms with E-state index in [9.17, 15) is 14.7 Å². The number of carbonyl (C=O) groups is 2. The molecule has 1 aliphatic heterocycles. The maximum atomic E-state index is 12.3. The Hall–Kier alpha value is -2.82. The number of aromatic hydroxyl groups is 1. The minimum absolute atomic E-state index is 0.0122. The summed E-state index contributed by atoms with van der Waals surface area (Å²) in [6.07, 6.45) is 3.80. The molecule has 0 unspecified atom stereocenters. The third kappa shape index (κ3) is 3.29. The fraction of sp³-hybridized carbons (Fsp3) is 0.333. The average molecular weight is 352 g/mol. The molecule has 0 aromatic heterocycles. The molecule has 26 heavy (non-hydrogen) atoms. The van der Waals surface area contributed by atoms with Gasteiger partial charge in [0.2, 0.25) is 0 Å². The van der Waals surface area contributed by atoms with Crippen molar-refractivity contribution in [3.8, 4) is 17.2 Å². The van der Waals surface area contributed by atoms with Gasteiger partial charge in [-0.15, -0.1) is 0 Å². The molecule has 2 aromatic rings. The predicted molar refractivity (Wildman–Crippen MR) is 94.5 cm³/mol. The molecule has 1 N–H and O–H groups in total. The molecule has 1 fully saturated rings. The van der Waals surface area contributed by atoms with Gasteiger partial charge < -0.3 is 14.6 Å². The van der Waals surface area contributed by atoms with Crippen LogP contribution in [0, 0.1) is 5.92 Å². The van der Waals surface area contributed by atoms with Crippen molar-refractivity contribution in [1.29, 1.82) is 0 Å². The summed E-state index contributed by atoms with van der Waals surface area (Å²) >= 11 is 0. The number of rotatable bonds is 3. The van der Waals surface area contributed by atoms with Gasteiger partial charge in [0.1, 0.15) is 23.4 Å². The fourth-order valence-electron chi connectivity index (χ4n) is 3.61. The zero-order chi connectivity index (χ0) is 18.1. The highest BCUT2D eigenvalue weighted by Gasteiger charge is 2.28. The summed E-state index contributed by atoms with van der Waals surface area (Å²) in [6.45, 7) is 0. The van der Waals surface area contributed by atoms with E-state index < -0.39 is 6.10 Å². The average Bonchev–Trinajstić information content (AvgIpc) is 3.16. The van der Waals surface area contributed by atoms with E-state index in [1.807, 2.05) is 12.1 Å². The lowest BCUT2D eigenvalue weighted by molar-refractivity contribution is -0.138. The molecule has 1 aliphatic carbocycles. The molecule has 1 atom stereocenters. The number of hydrogen-bond acceptors (Lipinski definition) is 5. The monoisotopic (exact) mass is 352 g/mol. The van der Waals surface area contributed by atoms with Crippen LogP contribution in [0.5, 0.6) is 17.2 Å². The Morgan fingerprint density at radius 1 is 1.08 bits per heavy atom. The molecule has 0 saturated heterocycles. The third-order valence-corrected chi connectivity index (χ3v) is 5.06. The molecule has 0 amide bonds. The maximum absolute atomic E-state index is 12.3. The van der Waals surface area contributed by atoms with Crippen molar-refractivity contribution in [3.63, 3.8) is 0 Å². The van der Waals surface area contributed by atoms with E-state index in [1.165, 1.54) is 12.1 Å². The molecule has 1 saturated carbocycles. The molecule has 1 heterocycles. The predicted octanol–water partition coefficient (Wildman–Crippen LogP) is 4.19. The van der Waals surface area contributed by atoms with Crippen molar-refractivity contribution in [2.24, 2.45) is 5.92 Å². The van der Waals surface area contributed by atoms with Crippen LogP contribution in [-0.2, 0) is 4.79 Å². The lowest BCUT2D eigenvalue weighted by Gasteiger charge is -2.25. The highest BCUT2D eigenvalue weighted by molar-refractivity contribution is 6.00. The second kappa shape index (κ2) is 6.83. The first-order valence-electron chi connectivity index (χ1n) is 8.94. The van der Waals surface area contributed by atoms with Crippen LogP contribution in [0.15, 0.2) is 42.5 Å². The summed E-state index contributed by atoms with van der Waals surface area (Å²) < 4.78 is 11.3. The number of ether oxygens (including phenoxy) is 2. The minimum Gasteiger partial charge on any atom is -0.508 e. The minimum atomic E-state index is -0.420. The quantitative estimate of drug-likeness (QED) is 0.662. The summed E-state index contributed by atoms with van der Waals surface area (Å²) in [5.74, 6) is 0.787. The number of esters is 1. The zero-order valence-corrected chi connectivity index (χ0v) is 14.3. The normalized spacial score (nSPS) is 19.7. The van der Waals surface area contributed by atoms with E-state index in [4.69, 9.17) is 9.47 Å². The van der Waals surface area contributed by atoms with Gasteiger partial charge in [-0.3, -0.25) is 9.59 Å². The van der Waals surface area contributed by atoms with Crippen molar-refractivity contribution in [3.05, 3.63) is 53.6 Å². The van der Waals surface area contributed by atoms with Gasteiger partial charge in [0.15, 0.2) is 5.78 Å². The molecule has 134 valence electrons. The summed E-state index contributed by atoms with van der Waals surface area (Å²) in [5, 5.41) is 9.60. The van der Waals surface area contributed by atoms with E-state index >= 15 is 0 Å². The zero-order valence-electron chi connectivity index (χ0n) is 14.3. The molecule has 5 nitrogen and oxygen atoms in total. The first-order chi connectivity index (χ1) is 12.6. The van der Waals surface area contributed by atoms with Crippen molar-refractivity contribution >= 4 is 11.8 Å². The van der Waals surface area contributed by atoms with Gasteiger partial charge in [-0.1, -0.05) is 25.0 Å². The van der Waals surface area contributed by atoms with Crippen LogP contribution < -0.4 is 9.47 Å². The highest BCUT2D eigenvalue weighted by atomic mass is 16.5. The van der Waals surface area contributed by atoms with Crippen LogP contribution in [0.3, 0.4) is 0 Å². The maximum Gasteiger partial charge on any atom is 0.314 e. The Labute approximate surface area is 151 Å². The molecular weight excluding hydrogens is 332 g/mol. The second-order valence-corrected chi connectivity index (χ2v) is 6.89. The Morgan fingerprint density at radius 2 is 1.81 bits per heavy atom. The number of benzene rings is 2. The SMILES string of the molecule is O=C1C[C@@H](c2ccc(OC(=O)C3CCCC3)cc2)Oc2cc(O)ccc21. The van der Waals surface area contributed by atoms with E-state index in [-0.39, 0.29) is 29.8 Å². The number of phenolic OH excluding ortho intramolecular Hbond substituents is 1. The third-order valence-electron chi connectivity index (χ3n) is 5.06. The Kier molecular flexibility index (Phi) is 4.37. The van der Waals surface area contributed by atoms with E-state index in [0.29, 0.717) is 17.1 Å². The van der Waals surface area contributed by atoms with Gasteiger partial charge in [0.05, 0.1) is 17.9 Å². The van der Waals surface area contributed by atoms with Crippen LogP contribution >= 0.6 is 0 Å². The number of carbonyl (C=O) groups excluding carboxylic acids is 2. The van der Waals surface area contributed by atoms with E-state index in [0.717, 1.165) is 31.2 Å². The number of hydrogen-bond donors (Lipinski definition) is 1. The number of Topliss-reactive ketones (excluding diaryl/α,β-unsaturated/α-hetero) is 1. The van der Waals surface area contributed by atoms with Crippen LogP contribution in [0.4, 0.5) is 0 Å². The highest BCUT2D eigenvalue weighted by Crippen LogP contribution is 2.37. The van der Waals surface area contributed by atoms with Crippen LogP contribution in [0.1, 0.15) is 54.1 Å². The van der Waals surface area contributed by atoms with Crippen molar-refractivity contribution in [2.75, 3.05) is 0 Å². The molecule has 2 aliphatic rings. The van der Waals surface area contributed by atoms with E-state index in [1.54, 1.807) is 18.2 Å². The van der Waals surface area contributed by atoms with Gasteiger partial charge in [-0.05, 0) is 42.7 Å². The van der Waals surface area contributed by atoms with Crippen molar-refractivity contribution in [2.45, 2.75) is 38.2 Å². The lowest BCUT2D eigenvalue weighted by atomic mass is 9.96. The first kappa shape index (κ1) is 16.6. The van der Waals surface area contributed by atoms with Gasteiger partial charge in [-0.25, -0.2) is 0 Å². The summed E-state index contributed by atoms with van der Waals surface area (Å²) in [7, 11) is 0. The van der Waals surface area contributed by atoms with Gasteiger partial charge in [0, 0.05) is 6.07 Å². The Morgan fingerprint density at radius 3 is 2.54 bits per heavy atom. The smallest absolute Gasteiger partial charge is 0.314 e. The Bertz CT molecular complexity index is 834. The van der Waals surface area contributed by atoms with Crippen LogP contribution in [0.2, 0.25) is 0 Å². The second-order valence-electron chi connectivity index (χ2n) is 6.89. The molecule has 2 aromatic carbocycles. The molecule has 0 spiro atoms. The summed E-state index contributed by atoms with van der Waals surface area (Å²) in [6, 6.07) is 11.6. The Balaban J connectivity index is 1.47. The lowest BCUT2D eigenvalue weighted by Crippen LogP contribution is -2.20. The fourth-order valence-corrected chi connectivity index (χ4v) is 3.61. The van der Waals surface area contributed by atoms with E-state index in [2.05, 4.69) is 0 Å². The summed E-state index contributed by atoms with van der Waals surface area (Å²) in [5.41, 5.74) is 1.31. The number of ketones is 1. The summed E-state index contributed by atoms with van der Waals surface area (Å²) in [4.78, 5) is 24.4. The molecule has 0 bridgehead atoms. The van der Waals surface area contributed by atoms with Gasteiger partial charge in [-0.2, -0.15) is 0 Å². The van der Waals surface area contributed by atoms with Gasteiger partial charge in [0.25, 0.3) is 0 Å². The molecule has 5 heteroatoms. The van der Waals surface area contributed by atoms with Crippen molar-refractivity contribution < 1.29 is 24.2 Å². The standard InChI is InChI=1S/C21H20O5/c22-15-7-10-17-18(23)12-19(26-20(17)11-15)13-5-8-16(9-6-13)25-21(24)14-3-1-2-4-14/h5-11,14,19,22H,1-4,12H2/t19-/m0/s1. The topological polar surface area (TPSA) is 72.8 Å². The van der Waals surface area contributed by atoms with Crippen molar-refractivity contribution in [1.82, 2.24) is 0 Å². The van der Waals surface area contributed by atoms with Gasteiger partial charge >= 0.3 is 5.97 Å². The van der Waals surface area contributed by atoms with Crippen LogP contribution in [-0.4, -0.2) is 16.9 Å². The van der Waals surface area contributed by atoms with Crippen LogP contribution in [0.25, 0.3) is 0 Å². The number of fused-ring (bicyclic) bond motifs is 1. The molecule has 4 rings (SSSR count). The molecular formula is C21H20O5.